The van der Waals surface area contributed by atoms with Crippen LogP contribution in [0.4, 0.5) is 0 Å². The third-order valence-electron chi connectivity index (χ3n) is 4.56. The van der Waals surface area contributed by atoms with Crippen molar-refractivity contribution in [3.63, 3.8) is 0 Å². The number of hydrogen-bond donors (Lipinski definition) is 0. The van der Waals surface area contributed by atoms with Gasteiger partial charge >= 0.3 is 0 Å². The number of rotatable bonds is 3. The molecule has 2 aliphatic heterocycles. The van der Waals surface area contributed by atoms with E-state index in [-0.39, 0.29) is 12.7 Å². The van der Waals surface area contributed by atoms with Crippen LogP contribution < -0.4 is 9.47 Å². The predicted molar refractivity (Wildman–Crippen MR) is 86.7 cm³/mol. The van der Waals surface area contributed by atoms with E-state index >= 15 is 0 Å². The van der Waals surface area contributed by atoms with Crippen molar-refractivity contribution in [2.24, 2.45) is 5.92 Å². The van der Waals surface area contributed by atoms with Crippen LogP contribution in [0.1, 0.15) is 22.3 Å². The molecule has 2 aliphatic rings. The number of ether oxygens (including phenoxy) is 2. The van der Waals surface area contributed by atoms with E-state index in [0.717, 1.165) is 25.9 Å². The van der Waals surface area contributed by atoms with E-state index in [4.69, 9.17) is 9.47 Å². The Morgan fingerprint density at radius 2 is 1.91 bits per heavy atom. The van der Waals surface area contributed by atoms with Crippen molar-refractivity contribution in [2.75, 3.05) is 19.9 Å². The molecular weight excluding hydrogens is 290 g/mol. The minimum Gasteiger partial charge on any atom is -0.454 e. The van der Waals surface area contributed by atoms with Gasteiger partial charge in [-0.3, -0.25) is 4.79 Å². The van der Waals surface area contributed by atoms with E-state index in [2.05, 4.69) is 24.3 Å². The number of nitrogens with zero attached hydrogens (tertiary/aromatic N) is 1. The fourth-order valence-electron chi connectivity index (χ4n) is 3.34. The molecule has 0 aliphatic carbocycles. The van der Waals surface area contributed by atoms with Crippen LogP contribution >= 0.6 is 0 Å². The van der Waals surface area contributed by atoms with Gasteiger partial charge in [-0.25, -0.2) is 0 Å². The second kappa shape index (κ2) is 5.95. The van der Waals surface area contributed by atoms with Gasteiger partial charge in [-0.2, -0.15) is 0 Å². The molecule has 4 nitrogen and oxygen atoms in total. The standard InChI is InChI=1S/C19H19NO3/c21-19(16-6-7-17-18(11-16)23-13-22-17)20-9-8-15(12-20)10-14-4-2-1-3-5-14/h1-7,11,15H,8-10,12-13H2. The molecule has 1 atom stereocenters. The Hall–Kier alpha value is -2.49. The number of amides is 1. The van der Waals surface area contributed by atoms with Gasteiger partial charge in [0.2, 0.25) is 6.79 Å². The van der Waals surface area contributed by atoms with E-state index in [1.54, 1.807) is 6.07 Å². The maximum atomic E-state index is 12.7. The van der Waals surface area contributed by atoms with Crippen LogP contribution in [-0.4, -0.2) is 30.7 Å². The van der Waals surface area contributed by atoms with Crippen molar-refractivity contribution in [3.8, 4) is 11.5 Å². The molecule has 23 heavy (non-hydrogen) atoms. The Kier molecular flexibility index (Phi) is 3.66. The minimum atomic E-state index is 0.0823. The van der Waals surface area contributed by atoms with Crippen molar-refractivity contribution in [1.82, 2.24) is 4.90 Å². The van der Waals surface area contributed by atoms with Gasteiger partial charge in [0.25, 0.3) is 5.91 Å². The van der Waals surface area contributed by atoms with E-state index in [9.17, 15) is 4.79 Å². The molecular formula is C19H19NO3. The van der Waals surface area contributed by atoms with Crippen LogP contribution in [0.15, 0.2) is 48.5 Å². The number of benzene rings is 2. The Morgan fingerprint density at radius 1 is 1.09 bits per heavy atom. The molecule has 2 aromatic rings. The summed E-state index contributed by atoms with van der Waals surface area (Å²) in [6.07, 6.45) is 2.09. The van der Waals surface area contributed by atoms with E-state index < -0.39 is 0 Å². The second-order valence-electron chi connectivity index (χ2n) is 6.16. The highest BCUT2D eigenvalue weighted by molar-refractivity contribution is 5.95. The SMILES string of the molecule is O=C(c1ccc2c(c1)OCO2)N1CCC(Cc2ccccc2)C1. The normalized spacial score (nSPS) is 19.1. The first-order chi connectivity index (χ1) is 11.3. The third kappa shape index (κ3) is 2.89. The molecule has 0 bridgehead atoms. The molecule has 118 valence electrons. The summed E-state index contributed by atoms with van der Waals surface area (Å²) in [7, 11) is 0. The molecule has 4 rings (SSSR count). The van der Waals surface area contributed by atoms with Crippen molar-refractivity contribution < 1.29 is 14.3 Å². The Bertz CT molecular complexity index is 714. The van der Waals surface area contributed by atoms with Crippen LogP contribution in [0.25, 0.3) is 0 Å². The maximum Gasteiger partial charge on any atom is 0.254 e. The highest BCUT2D eigenvalue weighted by Crippen LogP contribution is 2.33. The highest BCUT2D eigenvalue weighted by Gasteiger charge is 2.28. The summed E-state index contributed by atoms with van der Waals surface area (Å²) < 4.78 is 10.7. The lowest BCUT2D eigenvalue weighted by atomic mass is 9.99. The van der Waals surface area contributed by atoms with Crippen LogP contribution in [0, 0.1) is 5.92 Å². The molecule has 1 unspecified atom stereocenters. The number of fused-ring (bicyclic) bond motifs is 1. The number of likely N-dealkylation sites (tertiary alicyclic amines) is 1. The van der Waals surface area contributed by atoms with E-state index in [1.807, 2.05) is 23.1 Å². The summed E-state index contributed by atoms with van der Waals surface area (Å²) in [5, 5.41) is 0. The van der Waals surface area contributed by atoms with Gasteiger partial charge in [-0.15, -0.1) is 0 Å². The average Bonchev–Trinajstić information content (AvgIpc) is 3.23. The zero-order valence-electron chi connectivity index (χ0n) is 12.9. The van der Waals surface area contributed by atoms with Crippen molar-refractivity contribution in [3.05, 3.63) is 59.7 Å². The van der Waals surface area contributed by atoms with Crippen LogP contribution in [0.5, 0.6) is 11.5 Å². The monoisotopic (exact) mass is 309 g/mol. The first kappa shape index (κ1) is 14.1. The van der Waals surface area contributed by atoms with Crippen molar-refractivity contribution >= 4 is 5.91 Å². The lowest BCUT2D eigenvalue weighted by Gasteiger charge is -2.17. The number of carbonyl (C=O) groups excluding carboxylic acids is 1. The van der Waals surface area contributed by atoms with Crippen molar-refractivity contribution in [2.45, 2.75) is 12.8 Å². The van der Waals surface area contributed by atoms with Gasteiger partial charge < -0.3 is 14.4 Å². The lowest BCUT2D eigenvalue weighted by Crippen LogP contribution is -2.28. The molecule has 1 amide bonds. The molecule has 0 N–H and O–H groups in total. The van der Waals surface area contributed by atoms with Gasteiger partial charge in [0, 0.05) is 18.7 Å². The summed E-state index contributed by atoms with van der Waals surface area (Å²) in [4.78, 5) is 14.6. The van der Waals surface area contributed by atoms with Crippen molar-refractivity contribution in [1.29, 1.82) is 0 Å². The lowest BCUT2D eigenvalue weighted by molar-refractivity contribution is 0.0786. The minimum absolute atomic E-state index is 0.0823. The van der Waals surface area contributed by atoms with Gasteiger partial charge in [0.15, 0.2) is 11.5 Å². The number of hydrogen-bond acceptors (Lipinski definition) is 3. The molecule has 1 saturated heterocycles. The average molecular weight is 309 g/mol. The summed E-state index contributed by atoms with van der Waals surface area (Å²) >= 11 is 0. The molecule has 0 saturated carbocycles. The molecule has 2 aromatic carbocycles. The zero-order chi connectivity index (χ0) is 15.6. The number of carbonyl (C=O) groups is 1. The van der Waals surface area contributed by atoms with E-state index in [1.165, 1.54) is 5.56 Å². The van der Waals surface area contributed by atoms with Gasteiger partial charge in [0.05, 0.1) is 0 Å². The van der Waals surface area contributed by atoms with Crippen LogP contribution in [0.3, 0.4) is 0 Å². The first-order valence-corrected chi connectivity index (χ1v) is 8.02. The Labute approximate surface area is 135 Å². The van der Waals surface area contributed by atoms with Crippen LogP contribution in [0.2, 0.25) is 0 Å². The molecule has 0 spiro atoms. The van der Waals surface area contributed by atoms with Crippen LogP contribution in [-0.2, 0) is 6.42 Å². The fourth-order valence-corrected chi connectivity index (χ4v) is 3.34. The molecule has 4 heteroatoms. The topological polar surface area (TPSA) is 38.8 Å². The molecule has 2 heterocycles. The fraction of sp³-hybridized carbons (Fsp3) is 0.316. The molecule has 0 radical (unpaired) electrons. The zero-order valence-corrected chi connectivity index (χ0v) is 12.9. The smallest absolute Gasteiger partial charge is 0.254 e. The molecule has 0 aromatic heterocycles. The quantitative estimate of drug-likeness (QED) is 0.874. The maximum absolute atomic E-state index is 12.7. The first-order valence-electron chi connectivity index (χ1n) is 8.02. The van der Waals surface area contributed by atoms with Gasteiger partial charge in [-0.1, -0.05) is 30.3 Å². The summed E-state index contributed by atoms with van der Waals surface area (Å²) in [6, 6.07) is 15.9. The van der Waals surface area contributed by atoms with Gasteiger partial charge in [-0.05, 0) is 42.5 Å². The largest absolute Gasteiger partial charge is 0.454 e. The third-order valence-corrected chi connectivity index (χ3v) is 4.56. The molecule has 1 fully saturated rings. The Balaban J connectivity index is 1.42. The highest BCUT2D eigenvalue weighted by atomic mass is 16.7. The summed E-state index contributed by atoms with van der Waals surface area (Å²) in [5.74, 6) is 2.00. The summed E-state index contributed by atoms with van der Waals surface area (Å²) in [6.45, 7) is 1.88. The van der Waals surface area contributed by atoms with E-state index in [0.29, 0.717) is 23.0 Å². The second-order valence-corrected chi connectivity index (χ2v) is 6.16. The predicted octanol–water partition coefficient (Wildman–Crippen LogP) is 3.12. The Morgan fingerprint density at radius 3 is 2.78 bits per heavy atom. The van der Waals surface area contributed by atoms with Gasteiger partial charge in [0.1, 0.15) is 0 Å². The summed E-state index contributed by atoms with van der Waals surface area (Å²) in [5.41, 5.74) is 2.02.